The molecule has 0 aromatic carbocycles. The van der Waals surface area contributed by atoms with E-state index in [1.165, 1.54) is 0 Å². The normalized spacial score (nSPS) is 15.3. The van der Waals surface area contributed by atoms with Gasteiger partial charge in [-0.05, 0) is 13.8 Å². The number of nitrogens with one attached hydrogen (secondary N) is 1. The Kier molecular flexibility index (Phi) is 4.55. The predicted molar refractivity (Wildman–Crippen MR) is 39.0 cm³/mol. The molecule has 0 spiro atoms. The zero-order valence-electron chi connectivity index (χ0n) is 6.29. The summed E-state index contributed by atoms with van der Waals surface area (Å²) in [4.78, 5) is 4.95. The van der Waals surface area contributed by atoms with Crippen molar-refractivity contribution in [2.45, 2.75) is 26.0 Å². The maximum absolute atomic E-state index is 8.30. The highest BCUT2D eigenvalue weighted by molar-refractivity contribution is 4.83. The molecule has 2 atom stereocenters. The lowest BCUT2D eigenvalue weighted by molar-refractivity contribution is 0.00136. The Labute approximate surface area is 61.2 Å². The minimum atomic E-state index is -0.276. The van der Waals surface area contributed by atoms with Gasteiger partial charge in [0.05, 0.1) is 12.2 Å². The van der Waals surface area contributed by atoms with Crippen molar-refractivity contribution >= 4 is 0 Å². The van der Waals surface area contributed by atoms with Gasteiger partial charge in [0.1, 0.15) is 6.04 Å². The first-order valence-electron chi connectivity index (χ1n) is 3.14. The van der Waals surface area contributed by atoms with E-state index in [2.05, 4.69) is 12.1 Å². The minimum absolute atomic E-state index is 0.0594. The number of hydroxylamine groups is 1. The highest BCUT2D eigenvalue weighted by Crippen LogP contribution is 1.88. The van der Waals surface area contributed by atoms with Crippen LogP contribution in [0.3, 0.4) is 0 Å². The molecule has 0 rings (SSSR count). The molecular weight excluding hydrogens is 128 g/mol. The average molecular weight is 140 g/mol. The molecular formula is C7H12N2O. The first-order chi connectivity index (χ1) is 4.70. The van der Waals surface area contributed by atoms with Gasteiger partial charge in [-0.25, -0.2) is 0 Å². The van der Waals surface area contributed by atoms with Crippen LogP contribution in [0.4, 0.5) is 0 Å². The van der Waals surface area contributed by atoms with Crippen LogP contribution >= 0.6 is 0 Å². The summed E-state index contributed by atoms with van der Waals surface area (Å²) < 4.78 is 0. The van der Waals surface area contributed by atoms with E-state index in [1.807, 2.05) is 13.0 Å². The highest BCUT2D eigenvalue weighted by Gasteiger charge is 1.99. The lowest BCUT2D eigenvalue weighted by Gasteiger charge is -2.09. The average Bonchev–Trinajstić information content (AvgIpc) is 1.99. The number of nitriles is 1. The Morgan fingerprint density at radius 1 is 1.70 bits per heavy atom. The first-order valence-corrected chi connectivity index (χ1v) is 3.14. The summed E-state index contributed by atoms with van der Waals surface area (Å²) in [6, 6.07) is 1.70. The van der Waals surface area contributed by atoms with Crippen molar-refractivity contribution in [3.63, 3.8) is 0 Å². The highest BCUT2D eigenvalue weighted by atomic mass is 16.7. The van der Waals surface area contributed by atoms with Crippen molar-refractivity contribution in [2.75, 3.05) is 0 Å². The quantitative estimate of drug-likeness (QED) is 0.468. The predicted octanol–water partition coefficient (Wildman–Crippen LogP) is 0.994. The summed E-state index contributed by atoms with van der Waals surface area (Å²) >= 11 is 0. The van der Waals surface area contributed by atoms with Crippen LogP contribution in [-0.2, 0) is 4.84 Å². The third-order valence-corrected chi connectivity index (χ3v) is 0.956. The fourth-order valence-electron chi connectivity index (χ4n) is 0.284. The minimum Gasteiger partial charge on any atom is -0.293 e. The van der Waals surface area contributed by atoms with Gasteiger partial charge in [0.25, 0.3) is 0 Å². The second-order valence-electron chi connectivity index (χ2n) is 2.03. The van der Waals surface area contributed by atoms with Crippen molar-refractivity contribution in [3.8, 4) is 6.07 Å². The molecule has 0 saturated heterocycles. The van der Waals surface area contributed by atoms with E-state index >= 15 is 0 Å². The maximum atomic E-state index is 8.30. The Balaban J connectivity index is 3.37. The number of rotatable bonds is 4. The molecule has 0 aliphatic heterocycles. The molecule has 0 aromatic rings. The molecule has 0 aliphatic carbocycles. The van der Waals surface area contributed by atoms with Gasteiger partial charge >= 0.3 is 0 Å². The third kappa shape index (κ3) is 4.07. The topological polar surface area (TPSA) is 45.0 Å². The molecule has 0 aliphatic rings. The van der Waals surface area contributed by atoms with Crippen LogP contribution in [-0.4, -0.2) is 12.1 Å². The molecule has 3 heteroatoms. The van der Waals surface area contributed by atoms with E-state index in [1.54, 1.807) is 13.0 Å². The van der Waals surface area contributed by atoms with E-state index in [4.69, 9.17) is 10.1 Å². The molecule has 56 valence electrons. The van der Waals surface area contributed by atoms with Crippen LogP contribution in [0.2, 0.25) is 0 Å². The zero-order valence-corrected chi connectivity index (χ0v) is 6.29. The van der Waals surface area contributed by atoms with Crippen molar-refractivity contribution < 1.29 is 4.84 Å². The molecule has 0 aromatic heterocycles. The number of nitrogens with zero attached hydrogens (tertiary/aromatic N) is 1. The fourth-order valence-corrected chi connectivity index (χ4v) is 0.284. The van der Waals surface area contributed by atoms with Crippen molar-refractivity contribution in [1.29, 1.82) is 5.26 Å². The molecule has 0 radical (unpaired) electrons. The summed E-state index contributed by atoms with van der Waals surface area (Å²) in [6.07, 6.45) is 1.59. The SMILES string of the molecule is C=CC(C)ONC(C)C#N. The van der Waals surface area contributed by atoms with Gasteiger partial charge in [-0.3, -0.25) is 4.84 Å². The Morgan fingerprint density at radius 3 is 2.70 bits per heavy atom. The van der Waals surface area contributed by atoms with Crippen LogP contribution in [0.15, 0.2) is 12.7 Å². The van der Waals surface area contributed by atoms with Crippen molar-refractivity contribution in [3.05, 3.63) is 12.7 Å². The molecule has 0 amide bonds. The van der Waals surface area contributed by atoms with Crippen molar-refractivity contribution in [2.24, 2.45) is 0 Å². The van der Waals surface area contributed by atoms with E-state index in [9.17, 15) is 0 Å². The van der Waals surface area contributed by atoms with Crippen LogP contribution in [0, 0.1) is 11.3 Å². The van der Waals surface area contributed by atoms with Gasteiger partial charge in [0.2, 0.25) is 0 Å². The zero-order chi connectivity index (χ0) is 7.98. The summed E-state index contributed by atoms with van der Waals surface area (Å²) in [5.41, 5.74) is 2.55. The smallest absolute Gasteiger partial charge is 0.116 e. The van der Waals surface area contributed by atoms with Gasteiger partial charge < -0.3 is 0 Å². The third-order valence-electron chi connectivity index (χ3n) is 0.956. The van der Waals surface area contributed by atoms with Gasteiger partial charge in [-0.1, -0.05) is 6.08 Å². The standard InChI is InChI=1S/C7H12N2O/c1-4-7(3)10-9-6(2)5-8/h4,6-7,9H,1H2,2-3H3. The molecule has 3 nitrogen and oxygen atoms in total. The van der Waals surface area contributed by atoms with E-state index in [0.717, 1.165) is 0 Å². The molecule has 0 bridgehead atoms. The number of hydrogen-bond acceptors (Lipinski definition) is 3. The van der Waals surface area contributed by atoms with E-state index in [-0.39, 0.29) is 12.1 Å². The van der Waals surface area contributed by atoms with E-state index in [0.29, 0.717) is 0 Å². The van der Waals surface area contributed by atoms with Crippen LogP contribution in [0.25, 0.3) is 0 Å². The Bertz CT molecular complexity index is 139. The van der Waals surface area contributed by atoms with Crippen molar-refractivity contribution in [1.82, 2.24) is 5.48 Å². The summed E-state index contributed by atoms with van der Waals surface area (Å²) in [6.45, 7) is 7.07. The van der Waals surface area contributed by atoms with Crippen LogP contribution in [0.1, 0.15) is 13.8 Å². The summed E-state index contributed by atoms with van der Waals surface area (Å²) in [7, 11) is 0. The molecule has 0 heterocycles. The van der Waals surface area contributed by atoms with Gasteiger partial charge in [0.15, 0.2) is 0 Å². The lowest BCUT2D eigenvalue weighted by atomic mass is 10.4. The molecule has 0 saturated carbocycles. The van der Waals surface area contributed by atoms with Crippen LogP contribution < -0.4 is 5.48 Å². The van der Waals surface area contributed by atoms with Gasteiger partial charge in [-0.15, -0.1) is 6.58 Å². The first kappa shape index (κ1) is 9.15. The monoisotopic (exact) mass is 140 g/mol. The molecule has 0 fully saturated rings. The maximum Gasteiger partial charge on any atom is 0.116 e. The molecule has 10 heavy (non-hydrogen) atoms. The second kappa shape index (κ2) is 4.98. The number of hydrogen-bond donors (Lipinski definition) is 1. The Morgan fingerprint density at radius 2 is 2.30 bits per heavy atom. The largest absolute Gasteiger partial charge is 0.293 e. The second-order valence-corrected chi connectivity index (χ2v) is 2.03. The molecule has 1 N–H and O–H groups in total. The summed E-state index contributed by atoms with van der Waals surface area (Å²) in [5, 5.41) is 8.30. The summed E-state index contributed by atoms with van der Waals surface area (Å²) in [5.74, 6) is 0. The fraction of sp³-hybridized carbons (Fsp3) is 0.571. The Hall–Kier alpha value is -0.850. The van der Waals surface area contributed by atoms with Gasteiger partial charge in [0, 0.05) is 0 Å². The van der Waals surface area contributed by atoms with Gasteiger partial charge in [-0.2, -0.15) is 10.7 Å². The lowest BCUT2D eigenvalue weighted by Crippen LogP contribution is -2.27. The van der Waals surface area contributed by atoms with E-state index < -0.39 is 0 Å². The van der Waals surface area contributed by atoms with Crippen LogP contribution in [0.5, 0.6) is 0 Å². The molecule has 2 unspecified atom stereocenters.